The van der Waals surface area contributed by atoms with Crippen molar-refractivity contribution in [1.82, 2.24) is 10.2 Å². The molecule has 5 nitrogen and oxygen atoms in total. The van der Waals surface area contributed by atoms with Gasteiger partial charge in [-0.2, -0.15) is 0 Å². The number of benzene rings is 2. The number of thiophene rings is 1. The Morgan fingerprint density at radius 3 is 2.62 bits per heavy atom. The summed E-state index contributed by atoms with van der Waals surface area (Å²) >= 11 is 13.0. The van der Waals surface area contributed by atoms with Crippen LogP contribution in [0.3, 0.4) is 0 Å². The third-order valence-corrected chi connectivity index (χ3v) is 6.16. The van der Waals surface area contributed by atoms with Crippen molar-refractivity contribution in [2.75, 3.05) is 19.4 Å². The highest BCUT2D eigenvalue weighted by molar-refractivity contribution is 7.80. The number of carbonyl (C=O) groups excluding carboxylic acids is 2. The summed E-state index contributed by atoms with van der Waals surface area (Å²) in [5.41, 5.74) is 1.75. The summed E-state index contributed by atoms with van der Waals surface area (Å²) in [7, 11) is 3.48. The van der Waals surface area contributed by atoms with Crippen molar-refractivity contribution in [3.63, 3.8) is 0 Å². The molecule has 8 heteroatoms. The Labute approximate surface area is 183 Å². The third-order valence-electron chi connectivity index (χ3n) is 4.28. The Kier molecular flexibility index (Phi) is 6.84. The van der Waals surface area contributed by atoms with E-state index in [0.29, 0.717) is 22.7 Å². The van der Waals surface area contributed by atoms with Crippen molar-refractivity contribution in [1.29, 1.82) is 0 Å². The molecule has 0 bridgehead atoms. The molecule has 0 atom stereocenters. The zero-order chi connectivity index (χ0) is 21.0. The molecule has 0 fully saturated rings. The Bertz CT molecular complexity index is 1080. The van der Waals surface area contributed by atoms with Gasteiger partial charge >= 0.3 is 0 Å². The van der Waals surface area contributed by atoms with E-state index in [-0.39, 0.29) is 16.9 Å². The molecule has 0 radical (unpaired) electrons. The lowest BCUT2D eigenvalue weighted by Crippen LogP contribution is -2.33. The number of thiocarbonyl (C=S) groups is 1. The highest BCUT2D eigenvalue weighted by Gasteiger charge is 2.17. The second kappa shape index (κ2) is 9.35. The van der Waals surface area contributed by atoms with Crippen LogP contribution >= 0.6 is 35.2 Å². The number of aryl methyl sites for hydroxylation is 1. The molecule has 0 unspecified atom stereocenters. The average molecular weight is 446 g/mol. The van der Waals surface area contributed by atoms with Crippen LogP contribution in [-0.4, -0.2) is 35.9 Å². The fraction of sp³-hybridized carbons (Fsp3) is 0.190. The number of rotatable bonds is 5. The molecule has 29 heavy (non-hydrogen) atoms. The molecule has 0 spiro atoms. The number of nitrogens with zero attached hydrogens (tertiary/aromatic N) is 1. The average Bonchev–Trinajstić information content (AvgIpc) is 3.03. The van der Waals surface area contributed by atoms with E-state index in [9.17, 15) is 9.59 Å². The normalized spacial score (nSPS) is 10.6. The van der Waals surface area contributed by atoms with Gasteiger partial charge in [0.15, 0.2) is 5.11 Å². The van der Waals surface area contributed by atoms with E-state index >= 15 is 0 Å². The molecule has 3 rings (SSSR count). The zero-order valence-corrected chi connectivity index (χ0v) is 18.4. The molecule has 0 saturated carbocycles. The molecule has 1 aromatic heterocycles. The van der Waals surface area contributed by atoms with Gasteiger partial charge in [-0.05, 0) is 42.4 Å². The molecule has 2 aromatic carbocycles. The number of carbonyl (C=O) groups is 2. The molecule has 150 valence electrons. The first-order valence-electron chi connectivity index (χ1n) is 8.93. The lowest BCUT2D eigenvalue weighted by atomic mass is 10.1. The smallest absolute Gasteiger partial charge is 0.269 e. The fourth-order valence-electron chi connectivity index (χ4n) is 2.76. The molecule has 2 N–H and O–H groups in total. The summed E-state index contributed by atoms with van der Waals surface area (Å²) in [6.07, 6.45) is 1.06. The number of nitrogens with one attached hydrogen (secondary N) is 2. The molecule has 0 saturated heterocycles. The fourth-order valence-corrected chi connectivity index (χ4v) is 4.38. The van der Waals surface area contributed by atoms with Crippen LogP contribution in [0.1, 0.15) is 21.7 Å². The summed E-state index contributed by atoms with van der Waals surface area (Å²) < 4.78 is 0.946. The van der Waals surface area contributed by atoms with E-state index < -0.39 is 0 Å². The first-order chi connectivity index (χ1) is 13.8. The van der Waals surface area contributed by atoms with Crippen LogP contribution in [0.25, 0.3) is 10.1 Å². The third kappa shape index (κ3) is 5.32. The van der Waals surface area contributed by atoms with Crippen LogP contribution in [-0.2, 0) is 11.2 Å². The van der Waals surface area contributed by atoms with Crippen molar-refractivity contribution < 1.29 is 9.59 Å². The Balaban J connectivity index is 1.63. The van der Waals surface area contributed by atoms with Crippen LogP contribution in [0.15, 0.2) is 48.5 Å². The molecular weight excluding hydrogens is 426 g/mol. The molecule has 0 aliphatic carbocycles. The highest BCUT2D eigenvalue weighted by Crippen LogP contribution is 2.34. The van der Waals surface area contributed by atoms with Crippen LogP contribution in [0, 0.1) is 0 Å². The van der Waals surface area contributed by atoms with Gasteiger partial charge in [0.1, 0.15) is 4.88 Å². The number of hydrogen-bond acceptors (Lipinski definition) is 4. The van der Waals surface area contributed by atoms with Gasteiger partial charge in [-0.15, -0.1) is 11.3 Å². The summed E-state index contributed by atoms with van der Waals surface area (Å²) in [5.74, 6) is -0.271. The monoisotopic (exact) mass is 445 g/mol. The predicted octanol–water partition coefficient (Wildman–Crippen LogP) is 4.70. The molecular formula is C21H20ClN3O2S2. The standard InChI is InChI=1S/C21H20ClN3O2S2/c1-25(2)17(26)11-10-13-6-5-7-14(12-13)23-21(28)24-20(27)19-18(22)15-8-3-4-9-16(15)29-19/h3-9,12H,10-11H2,1-2H3,(H2,23,24,27,28). The summed E-state index contributed by atoms with van der Waals surface area (Å²) in [6, 6.07) is 15.2. The van der Waals surface area contributed by atoms with Gasteiger partial charge < -0.3 is 10.2 Å². The van der Waals surface area contributed by atoms with Gasteiger partial charge in [0.25, 0.3) is 5.91 Å². The second-order valence-corrected chi connectivity index (χ2v) is 8.48. The van der Waals surface area contributed by atoms with Gasteiger partial charge in [-0.3, -0.25) is 14.9 Å². The number of fused-ring (bicyclic) bond motifs is 1. The van der Waals surface area contributed by atoms with Crippen LogP contribution in [0.2, 0.25) is 5.02 Å². The van der Waals surface area contributed by atoms with Gasteiger partial charge in [0, 0.05) is 36.3 Å². The largest absolute Gasteiger partial charge is 0.349 e. The first-order valence-corrected chi connectivity index (χ1v) is 10.5. The van der Waals surface area contributed by atoms with Crippen molar-refractivity contribution >= 4 is 67.9 Å². The topological polar surface area (TPSA) is 61.4 Å². The molecule has 2 amide bonds. The Hall–Kier alpha value is -2.48. The van der Waals surface area contributed by atoms with Crippen molar-refractivity contribution in [3.8, 4) is 0 Å². The zero-order valence-electron chi connectivity index (χ0n) is 16.0. The second-order valence-electron chi connectivity index (χ2n) is 6.64. The van der Waals surface area contributed by atoms with E-state index in [2.05, 4.69) is 10.6 Å². The van der Waals surface area contributed by atoms with E-state index in [4.69, 9.17) is 23.8 Å². The van der Waals surface area contributed by atoms with E-state index in [1.54, 1.807) is 19.0 Å². The molecule has 1 heterocycles. The van der Waals surface area contributed by atoms with Gasteiger partial charge in [-0.25, -0.2) is 0 Å². The first kappa shape index (κ1) is 21.2. The molecule has 3 aromatic rings. The van der Waals surface area contributed by atoms with Crippen LogP contribution in [0.4, 0.5) is 5.69 Å². The minimum atomic E-state index is -0.346. The lowest BCUT2D eigenvalue weighted by Gasteiger charge is -2.12. The number of anilines is 1. The minimum absolute atomic E-state index is 0.0753. The minimum Gasteiger partial charge on any atom is -0.349 e. The number of halogens is 1. The van der Waals surface area contributed by atoms with Gasteiger partial charge in [0.05, 0.1) is 5.02 Å². The van der Waals surface area contributed by atoms with Gasteiger partial charge in [-0.1, -0.05) is 41.9 Å². The van der Waals surface area contributed by atoms with Crippen LogP contribution in [0.5, 0.6) is 0 Å². The van der Waals surface area contributed by atoms with E-state index in [0.717, 1.165) is 21.3 Å². The van der Waals surface area contributed by atoms with Crippen molar-refractivity contribution in [3.05, 3.63) is 64.0 Å². The Morgan fingerprint density at radius 1 is 1.14 bits per heavy atom. The lowest BCUT2D eigenvalue weighted by molar-refractivity contribution is -0.128. The Morgan fingerprint density at radius 2 is 1.90 bits per heavy atom. The molecule has 0 aliphatic rings. The quantitative estimate of drug-likeness (QED) is 0.559. The number of amides is 2. The summed E-state index contributed by atoms with van der Waals surface area (Å²) in [6.45, 7) is 0. The van der Waals surface area contributed by atoms with E-state index in [1.165, 1.54) is 11.3 Å². The van der Waals surface area contributed by atoms with Crippen molar-refractivity contribution in [2.24, 2.45) is 0 Å². The summed E-state index contributed by atoms with van der Waals surface area (Å²) in [4.78, 5) is 26.3. The SMILES string of the molecule is CN(C)C(=O)CCc1cccc(NC(=S)NC(=O)c2sc3ccccc3c2Cl)c1. The maximum absolute atomic E-state index is 12.6. The van der Waals surface area contributed by atoms with E-state index in [1.807, 2.05) is 48.5 Å². The van der Waals surface area contributed by atoms with Crippen LogP contribution < -0.4 is 10.6 Å². The van der Waals surface area contributed by atoms with Crippen molar-refractivity contribution in [2.45, 2.75) is 12.8 Å². The predicted molar refractivity (Wildman–Crippen MR) is 124 cm³/mol. The molecule has 0 aliphatic heterocycles. The maximum Gasteiger partial charge on any atom is 0.269 e. The summed E-state index contributed by atoms with van der Waals surface area (Å²) in [5, 5.41) is 7.15. The number of hydrogen-bond donors (Lipinski definition) is 2. The van der Waals surface area contributed by atoms with Gasteiger partial charge in [0.2, 0.25) is 5.91 Å². The highest BCUT2D eigenvalue weighted by atomic mass is 35.5. The maximum atomic E-state index is 12.6.